The van der Waals surface area contributed by atoms with Crippen LogP contribution in [0.2, 0.25) is 0 Å². The van der Waals surface area contributed by atoms with Crippen molar-refractivity contribution in [2.45, 2.75) is 32.2 Å². The Balaban J connectivity index is 0.00000192. The molecule has 1 aliphatic heterocycles. The molecule has 0 saturated carbocycles. The van der Waals surface area contributed by atoms with Crippen LogP contribution in [-0.4, -0.2) is 19.0 Å². The van der Waals surface area contributed by atoms with Crippen LogP contribution in [-0.2, 0) is 4.79 Å². The molecule has 3 rings (SSSR count). The second kappa shape index (κ2) is 8.32. The summed E-state index contributed by atoms with van der Waals surface area (Å²) in [5, 5.41) is 8.96. The predicted octanol–water partition coefficient (Wildman–Crippen LogP) is 3.83. The third-order valence-corrected chi connectivity index (χ3v) is 4.60. The molecule has 0 bridgehead atoms. The van der Waals surface area contributed by atoms with E-state index in [0.717, 1.165) is 25.9 Å². The first-order valence-corrected chi connectivity index (χ1v) is 8.22. The molecule has 0 radical (unpaired) electrons. The van der Waals surface area contributed by atoms with Crippen LogP contribution in [0.1, 0.15) is 37.8 Å². The highest BCUT2D eigenvalue weighted by atomic mass is 35.5. The number of rotatable bonds is 4. The normalized spacial score (nSPS) is 16.6. The standard InChI is InChI=1S/C19H24N2O.ClH/c1-14(21-19(22)13-15-9-11-20-12-10-15)17-8-4-6-16-5-2-3-7-18(16)17;/h2-8,14-15,20H,9-13H2,1H3,(H,21,22);1H. The van der Waals surface area contributed by atoms with E-state index in [-0.39, 0.29) is 24.4 Å². The molecule has 23 heavy (non-hydrogen) atoms. The summed E-state index contributed by atoms with van der Waals surface area (Å²) in [5.74, 6) is 0.702. The zero-order valence-electron chi connectivity index (χ0n) is 13.5. The fourth-order valence-electron chi connectivity index (χ4n) is 3.35. The summed E-state index contributed by atoms with van der Waals surface area (Å²) in [5.41, 5.74) is 1.19. The van der Waals surface area contributed by atoms with Crippen LogP contribution in [0.3, 0.4) is 0 Å². The molecule has 1 atom stereocenters. The second-order valence-electron chi connectivity index (χ2n) is 6.26. The van der Waals surface area contributed by atoms with Gasteiger partial charge in [-0.2, -0.15) is 0 Å². The number of carbonyl (C=O) groups is 1. The highest BCUT2D eigenvalue weighted by Crippen LogP contribution is 2.24. The van der Waals surface area contributed by atoms with Gasteiger partial charge in [-0.1, -0.05) is 42.5 Å². The fourth-order valence-corrected chi connectivity index (χ4v) is 3.35. The van der Waals surface area contributed by atoms with Gasteiger partial charge in [0.1, 0.15) is 0 Å². The van der Waals surface area contributed by atoms with Gasteiger partial charge in [0.2, 0.25) is 5.91 Å². The van der Waals surface area contributed by atoms with E-state index in [1.165, 1.54) is 16.3 Å². The quantitative estimate of drug-likeness (QED) is 0.893. The number of hydrogen-bond donors (Lipinski definition) is 2. The van der Waals surface area contributed by atoms with Crippen LogP contribution < -0.4 is 10.6 Å². The summed E-state index contributed by atoms with van der Waals surface area (Å²) < 4.78 is 0. The van der Waals surface area contributed by atoms with E-state index in [2.05, 4.69) is 54.0 Å². The largest absolute Gasteiger partial charge is 0.350 e. The van der Waals surface area contributed by atoms with Gasteiger partial charge in [0, 0.05) is 6.42 Å². The van der Waals surface area contributed by atoms with Crippen molar-refractivity contribution >= 4 is 29.1 Å². The lowest BCUT2D eigenvalue weighted by molar-refractivity contribution is -0.122. The van der Waals surface area contributed by atoms with E-state index in [0.29, 0.717) is 12.3 Å². The summed E-state index contributed by atoms with van der Waals surface area (Å²) in [6.45, 7) is 4.15. The average Bonchev–Trinajstić information content (AvgIpc) is 2.55. The molecule has 2 N–H and O–H groups in total. The van der Waals surface area contributed by atoms with Gasteiger partial charge in [-0.25, -0.2) is 0 Å². The first-order valence-electron chi connectivity index (χ1n) is 8.22. The number of halogens is 1. The molecule has 3 nitrogen and oxygen atoms in total. The van der Waals surface area contributed by atoms with E-state index in [4.69, 9.17) is 0 Å². The van der Waals surface area contributed by atoms with Crippen LogP contribution in [0.25, 0.3) is 10.8 Å². The highest BCUT2D eigenvalue weighted by molar-refractivity contribution is 5.87. The van der Waals surface area contributed by atoms with Crippen molar-refractivity contribution < 1.29 is 4.79 Å². The van der Waals surface area contributed by atoms with Gasteiger partial charge in [0.25, 0.3) is 0 Å². The number of nitrogens with one attached hydrogen (secondary N) is 2. The van der Waals surface area contributed by atoms with E-state index >= 15 is 0 Å². The smallest absolute Gasteiger partial charge is 0.220 e. The Bertz CT molecular complexity index is 647. The van der Waals surface area contributed by atoms with Crippen LogP contribution in [0, 0.1) is 5.92 Å². The maximum Gasteiger partial charge on any atom is 0.220 e. The third kappa shape index (κ3) is 4.46. The Kier molecular flexibility index (Phi) is 6.43. The molecule has 0 spiro atoms. The van der Waals surface area contributed by atoms with Gasteiger partial charge >= 0.3 is 0 Å². The van der Waals surface area contributed by atoms with Crippen molar-refractivity contribution in [3.63, 3.8) is 0 Å². The van der Waals surface area contributed by atoms with Gasteiger partial charge in [-0.05, 0) is 55.1 Å². The number of benzene rings is 2. The number of hydrogen-bond acceptors (Lipinski definition) is 2. The molecule has 0 aliphatic carbocycles. The summed E-state index contributed by atoms with van der Waals surface area (Å²) in [6, 6.07) is 14.7. The number of amides is 1. The molecule has 4 heteroatoms. The SMILES string of the molecule is CC(NC(=O)CC1CCNCC1)c1cccc2ccccc12.Cl. The maximum atomic E-state index is 12.3. The minimum absolute atomic E-state index is 0. The van der Waals surface area contributed by atoms with Crippen molar-refractivity contribution in [3.05, 3.63) is 48.0 Å². The molecule has 0 aromatic heterocycles. The Morgan fingerprint density at radius 2 is 1.87 bits per heavy atom. The molecule has 1 aliphatic rings. The zero-order valence-corrected chi connectivity index (χ0v) is 14.4. The Morgan fingerprint density at radius 1 is 1.17 bits per heavy atom. The van der Waals surface area contributed by atoms with Gasteiger partial charge in [0.05, 0.1) is 6.04 Å². The number of carbonyl (C=O) groups excluding carboxylic acids is 1. The molecule has 1 amide bonds. The molecule has 2 aromatic carbocycles. The van der Waals surface area contributed by atoms with Gasteiger partial charge in [0.15, 0.2) is 0 Å². The molecule has 2 aromatic rings. The Labute approximate surface area is 144 Å². The van der Waals surface area contributed by atoms with E-state index < -0.39 is 0 Å². The van der Waals surface area contributed by atoms with Crippen molar-refractivity contribution in [1.82, 2.24) is 10.6 Å². The minimum atomic E-state index is 0. The second-order valence-corrected chi connectivity index (χ2v) is 6.26. The first kappa shape index (κ1) is 17.8. The van der Waals surface area contributed by atoms with Gasteiger partial charge in [-0.15, -0.1) is 12.4 Å². The summed E-state index contributed by atoms with van der Waals surface area (Å²) >= 11 is 0. The van der Waals surface area contributed by atoms with Crippen LogP contribution in [0.15, 0.2) is 42.5 Å². The molecule has 1 saturated heterocycles. The van der Waals surface area contributed by atoms with E-state index in [1.54, 1.807) is 0 Å². The molecular formula is C19H25ClN2O. The van der Waals surface area contributed by atoms with Crippen molar-refractivity contribution in [2.75, 3.05) is 13.1 Å². The van der Waals surface area contributed by atoms with Crippen molar-refractivity contribution in [1.29, 1.82) is 0 Å². The molecule has 1 heterocycles. The van der Waals surface area contributed by atoms with Crippen LogP contribution in [0.5, 0.6) is 0 Å². The predicted molar refractivity (Wildman–Crippen MR) is 98.0 cm³/mol. The molecule has 1 unspecified atom stereocenters. The first-order chi connectivity index (χ1) is 10.7. The van der Waals surface area contributed by atoms with Crippen LogP contribution in [0.4, 0.5) is 0 Å². The van der Waals surface area contributed by atoms with Crippen molar-refractivity contribution in [3.8, 4) is 0 Å². The molecule has 124 valence electrons. The molecule has 1 fully saturated rings. The maximum absolute atomic E-state index is 12.3. The lowest BCUT2D eigenvalue weighted by Crippen LogP contribution is -2.33. The lowest BCUT2D eigenvalue weighted by Gasteiger charge is -2.23. The van der Waals surface area contributed by atoms with E-state index in [1.807, 2.05) is 6.07 Å². The topological polar surface area (TPSA) is 41.1 Å². The average molecular weight is 333 g/mol. The Hall–Kier alpha value is -1.58. The van der Waals surface area contributed by atoms with Crippen LogP contribution >= 0.6 is 12.4 Å². The Morgan fingerprint density at radius 3 is 2.65 bits per heavy atom. The summed E-state index contributed by atoms with van der Waals surface area (Å²) in [6.07, 6.45) is 2.86. The highest BCUT2D eigenvalue weighted by Gasteiger charge is 2.18. The minimum Gasteiger partial charge on any atom is -0.350 e. The van der Waals surface area contributed by atoms with Gasteiger partial charge < -0.3 is 10.6 Å². The fraction of sp³-hybridized carbons (Fsp3) is 0.421. The monoisotopic (exact) mass is 332 g/mol. The number of fused-ring (bicyclic) bond motifs is 1. The summed E-state index contributed by atoms with van der Waals surface area (Å²) in [7, 11) is 0. The van der Waals surface area contributed by atoms with E-state index in [9.17, 15) is 4.79 Å². The number of piperidine rings is 1. The van der Waals surface area contributed by atoms with Gasteiger partial charge in [-0.3, -0.25) is 4.79 Å². The molecular weight excluding hydrogens is 308 g/mol. The lowest BCUT2D eigenvalue weighted by atomic mass is 9.94. The van der Waals surface area contributed by atoms with Crippen molar-refractivity contribution in [2.24, 2.45) is 5.92 Å². The summed E-state index contributed by atoms with van der Waals surface area (Å²) in [4.78, 5) is 12.3. The zero-order chi connectivity index (χ0) is 15.4. The third-order valence-electron chi connectivity index (χ3n) is 4.60.